The topological polar surface area (TPSA) is 83.3 Å². The summed E-state index contributed by atoms with van der Waals surface area (Å²) in [5.74, 6) is -0.178. The van der Waals surface area contributed by atoms with Crippen LogP contribution < -0.4 is 11.1 Å². The highest BCUT2D eigenvalue weighted by atomic mass is 79.9. The minimum absolute atomic E-state index is 0.100. The number of nitrogens with zero attached hydrogens (tertiary/aromatic N) is 1. The first-order valence-electron chi connectivity index (χ1n) is 7.05. The summed E-state index contributed by atoms with van der Waals surface area (Å²) < 4.78 is 1.01. The molecule has 4 N–H and O–H groups in total. The van der Waals surface area contributed by atoms with Gasteiger partial charge in [0, 0.05) is 21.6 Å². The lowest BCUT2D eigenvalue weighted by Crippen LogP contribution is -2.36. The van der Waals surface area contributed by atoms with Crippen molar-refractivity contribution in [2.24, 2.45) is 10.7 Å². The number of H-pyrrole nitrogens is 1. The maximum atomic E-state index is 12.3. The van der Waals surface area contributed by atoms with Crippen LogP contribution in [-0.4, -0.2) is 16.9 Å². The number of benzene rings is 2. The first-order chi connectivity index (χ1) is 11.1. The lowest BCUT2D eigenvalue weighted by atomic mass is 10.1. The molecule has 0 radical (unpaired) electrons. The zero-order chi connectivity index (χ0) is 16.2. The highest BCUT2D eigenvalue weighted by molar-refractivity contribution is 9.10. The van der Waals surface area contributed by atoms with E-state index in [4.69, 9.17) is 5.73 Å². The molecular weight excluding hydrogens is 356 g/mol. The van der Waals surface area contributed by atoms with Gasteiger partial charge in [0.15, 0.2) is 5.96 Å². The molecule has 0 spiro atoms. The molecule has 1 heterocycles. The van der Waals surface area contributed by atoms with E-state index in [-0.39, 0.29) is 11.9 Å². The van der Waals surface area contributed by atoms with Crippen LogP contribution in [0.4, 0.5) is 0 Å². The minimum atomic E-state index is -0.278. The number of aromatic nitrogens is 1. The third-order valence-corrected chi connectivity index (χ3v) is 3.95. The molecule has 0 fully saturated rings. The molecule has 0 aliphatic rings. The first-order valence-corrected chi connectivity index (χ1v) is 7.84. The third-order valence-electron chi connectivity index (χ3n) is 3.42. The van der Waals surface area contributed by atoms with E-state index in [1.807, 2.05) is 48.5 Å². The second kappa shape index (κ2) is 6.66. The summed E-state index contributed by atoms with van der Waals surface area (Å²) in [5, 5.41) is 3.47. The minimum Gasteiger partial charge on any atom is -0.370 e. The molecule has 0 unspecified atom stereocenters. The summed E-state index contributed by atoms with van der Waals surface area (Å²) in [4.78, 5) is 19.5. The zero-order valence-corrected chi connectivity index (χ0v) is 13.8. The molecule has 0 saturated heterocycles. The van der Waals surface area contributed by atoms with E-state index in [1.54, 1.807) is 6.20 Å². The molecule has 0 aliphatic heterocycles. The van der Waals surface area contributed by atoms with Gasteiger partial charge in [-0.3, -0.25) is 10.1 Å². The number of amides is 1. The van der Waals surface area contributed by atoms with Crippen LogP contribution in [0.2, 0.25) is 0 Å². The van der Waals surface area contributed by atoms with Gasteiger partial charge < -0.3 is 10.7 Å². The number of carbonyl (C=O) groups excluding carboxylic acids is 1. The van der Waals surface area contributed by atoms with Gasteiger partial charge in [0.25, 0.3) is 5.91 Å². The number of carbonyl (C=O) groups is 1. The van der Waals surface area contributed by atoms with Crippen LogP contribution in [0, 0.1) is 0 Å². The second-order valence-corrected chi connectivity index (χ2v) is 5.95. The van der Waals surface area contributed by atoms with Crippen LogP contribution in [-0.2, 0) is 6.54 Å². The monoisotopic (exact) mass is 370 g/mol. The average Bonchev–Trinajstić information content (AvgIpc) is 2.98. The van der Waals surface area contributed by atoms with Crippen molar-refractivity contribution in [3.05, 3.63) is 70.3 Å². The van der Waals surface area contributed by atoms with E-state index in [2.05, 4.69) is 31.2 Å². The van der Waals surface area contributed by atoms with Gasteiger partial charge in [-0.05, 0) is 23.8 Å². The third kappa shape index (κ3) is 3.60. The molecule has 0 aliphatic carbocycles. The number of halogens is 1. The second-order valence-electron chi connectivity index (χ2n) is 5.03. The first kappa shape index (κ1) is 15.3. The SMILES string of the molecule is NC(=NCc1ccc(Br)cc1)NC(=O)c1c[nH]c2ccccc12. The summed E-state index contributed by atoms with van der Waals surface area (Å²) >= 11 is 3.38. The van der Waals surface area contributed by atoms with Gasteiger partial charge in [0.1, 0.15) is 0 Å². The molecule has 116 valence electrons. The quantitative estimate of drug-likeness (QED) is 0.488. The highest BCUT2D eigenvalue weighted by Gasteiger charge is 2.12. The standard InChI is InChI=1S/C17H15BrN4O/c18-12-7-5-11(6-8-12)9-21-17(19)22-16(23)14-10-20-15-4-2-1-3-13(14)15/h1-8,10,20H,9H2,(H3,19,21,22,23). The fourth-order valence-corrected chi connectivity index (χ4v) is 2.51. The number of rotatable bonds is 3. The summed E-state index contributed by atoms with van der Waals surface area (Å²) in [5.41, 5.74) is 8.26. The fraction of sp³-hybridized carbons (Fsp3) is 0.0588. The van der Waals surface area contributed by atoms with Crippen molar-refractivity contribution in [3.8, 4) is 0 Å². The van der Waals surface area contributed by atoms with Gasteiger partial charge in [-0.1, -0.05) is 46.3 Å². The Bertz CT molecular complexity index is 868. The van der Waals surface area contributed by atoms with Gasteiger partial charge in [0.2, 0.25) is 0 Å². The summed E-state index contributed by atoms with van der Waals surface area (Å²) in [6.45, 7) is 0.410. The average molecular weight is 371 g/mol. The van der Waals surface area contributed by atoms with E-state index in [0.29, 0.717) is 12.1 Å². The summed E-state index contributed by atoms with van der Waals surface area (Å²) in [7, 11) is 0. The number of fused-ring (bicyclic) bond motifs is 1. The smallest absolute Gasteiger partial charge is 0.260 e. The predicted octanol–water partition coefficient (Wildman–Crippen LogP) is 3.18. The van der Waals surface area contributed by atoms with Gasteiger partial charge >= 0.3 is 0 Å². The Morgan fingerprint density at radius 3 is 2.70 bits per heavy atom. The van der Waals surface area contributed by atoms with Crippen LogP contribution >= 0.6 is 15.9 Å². The maximum absolute atomic E-state index is 12.3. The molecule has 2 aromatic carbocycles. The van der Waals surface area contributed by atoms with E-state index < -0.39 is 0 Å². The summed E-state index contributed by atoms with van der Waals surface area (Å²) in [6.07, 6.45) is 1.67. The largest absolute Gasteiger partial charge is 0.370 e. The number of aliphatic imine (C=N–C) groups is 1. The number of nitrogens with two attached hydrogens (primary N) is 1. The van der Waals surface area contributed by atoms with Crippen molar-refractivity contribution < 1.29 is 4.79 Å². The molecule has 6 heteroatoms. The van der Waals surface area contributed by atoms with Gasteiger partial charge in [-0.15, -0.1) is 0 Å². The number of para-hydroxylation sites is 1. The Hall–Kier alpha value is -2.60. The number of hydrogen-bond donors (Lipinski definition) is 3. The highest BCUT2D eigenvalue weighted by Crippen LogP contribution is 2.17. The molecule has 3 aromatic rings. The van der Waals surface area contributed by atoms with Crippen LogP contribution in [0.3, 0.4) is 0 Å². The molecule has 1 aromatic heterocycles. The predicted molar refractivity (Wildman–Crippen MR) is 95.2 cm³/mol. The molecule has 23 heavy (non-hydrogen) atoms. The van der Waals surface area contributed by atoms with Crippen LogP contribution in [0.1, 0.15) is 15.9 Å². The van der Waals surface area contributed by atoms with Crippen molar-refractivity contribution in [3.63, 3.8) is 0 Å². The Labute approximate surface area is 141 Å². The van der Waals surface area contributed by atoms with E-state index in [0.717, 1.165) is 20.9 Å². The van der Waals surface area contributed by atoms with Crippen LogP contribution in [0.25, 0.3) is 10.9 Å². The number of aromatic amines is 1. The van der Waals surface area contributed by atoms with Crippen molar-refractivity contribution in [1.82, 2.24) is 10.3 Å². The van der Waals surface area contributed by atoms with Gasteiger partial charge in [0.05, 0.1) is 12.1 Å². The normalized spacial score (nSPS) is 11.6. The summed E-state index contributed by atoms with van der Waals surface area (Å²) in [6, 6.07) is 15.4. The van der Waals surface area contributed by atoms with E-state index >= 15 is 0 Å². The number of nitrogens with one attached hydrogen (secondary N) is 2. The molecule has 0 atom stereocenters. The van der Waals surface area contributed by atoms with Crippen molar-refractivity contribution in [2.45, 2.75) is 6.54 Å². The molecule has 1 amide bonds. The number of guanidine groups is 1. The van der Waals surface area contributed by atoms with Crippen molar-refractivity contribution in [1.29, 1.82) is 0 Å². The van der Waals surface area contributed by atoms with Crippen molar-refractivity contribution in [2.75, 3.05) is 0 Å². The molecule has 3 rings (SSSR count). The Kier molecular flexibility index (Phi) is 4.43. The Morgan fingerprint density at radius 2 is 1.91 bits per heavy atom. The Balaban J connectivity index is 1.69. The van der Waals surface area contributed by atoms with E-state index in [9.17, 15) is 4.79 Å². The molecule has 0 bridgehead atoms. The Morgan fingerprint density at radius 1 is 1.17 bits per heavy atom. The van der Waals surface area contributed by atoms with Crippen LogP contribution in [0.5, 0.6) is 0 Å². The maximum Gasteiger partial charge on any atom is 0.260 e. The molecule has 5 nitrogen and oxygen atoms in total. The zero-order valence-electron chi connectivity index (χ0n) is 12.2. The number of hydrogen-bond acceptors (Lipinski definition) is 2. The molecule has 0 saturated carbocycles. The van der Waals surface area contributed by atoms with E-state index in [1.165, 1.54) is 0 Å². The lowest BCUT2D eigenvalue weighted by molar-refractivity contribution is 0.0978. The molecular formula is C17H15BrN4O. The van der Waals surface area contributed by atoms with Gasteiger partial charge in [-0.2, -0.15) is 0 Å². The fourth-order valence-electron chi connectivity index (χ4n) is 2.25. The lowest BCUT2D eigenvalue weighted by Gasteiger charge is -2.04. The van der Waals surface area contributed by atoms with Crippen LogP contribution in [0.15, 0.2) is 64.2 Å². The van der Waals surface area contributed by atoms with Crippen molar-refractivity contribution >= 4 is 38.7 Å². The van der Waals surface area contributed by atoms with Gasteiger partial charge in [-0.25, -0.2) is 4.99 Å².